The molecular formula is C41H56N8O8S. The van der Waals surface area contributed by atoms with Crippen molar-refractivity contribution in [3.63, 3.8) is 0 Å². The van der Waals surface area contributed by atoms with Crippen molar-refractivity contribution in [1.29, 1.82) is 0 Å². The summed E-state index contributed by atoms with van der Waals surface area (Å²) in [7, 11) is -3.65. The average molecular weight is 821 g/mol. The van der Waals surface area contributed by atoms with Crippen LogP contribution >= 0.6 is 0 Å². The van der Waals surface area contributed by atoms with E-state index in [9.17, 15) is 27.6 Å². The number of para-hydroxylation sites is 1. The fraction of sp³-hybridized carbons (Fsp3) is 0.585. The Hall–Kier alpha value is -5.06. The lowest BCUT2D eigenvalue weighted by Crippen LogP contribution is -2.53. The van der Waals surface area contributed by atoms with Crippen LogP contribution < -0.4 is 20.5 Å². The van der Waals surface area contributed by atoms with E-state index in [1.165, 1.54) is 4.90 Å². The van der Waals surface area contributed by atoms with Crippen molar-refractivity contribution < 1.29 is 37.1 Å². The number of sulfonamides is 1. The van der Waals surface area contributed by atoms with Gasteiger partial charge in [0.1, 0.15) is 29.3 Å². The fourth-order valence-corrected chi connectivity index (χ4v) is 8.64. The number of amides is 4. The summed E-state index contributed by atoms with van der Waals surface area (Å²) in [5.74, 6) is -1.90. The van der Waals surface area contributed by atoms with Gasteiger partial charge in [-0.1, -0.05) is 37.1 Å². The van der Waals surface area contributed by atoms with E-state index in [0.717, 1.165) is 30.3 Å². The maximum atomic E-state index is 14.2. The van der Waals surface area contributed by atoms with Gasteiger partial charge < -0.3 is 25.4 Å². The first-order chi connectivity index (χ1) is 27.4. The molecule has 0 bridgehead atoms. The number of carbonyl (C=O) groups is 4. The summed E-state index contributed by atoms with van der Waals surface area (Å²) in [5.41, 5.74) is 8.02. The minimum Gasteiger partial charge on any atom is -0.459 e. The van der Waals surface area contributed by atoms with Crippen molar-refractivity contribution in [3.05, 3.63) is 48.9 Å². The van der Waals surface area contributed by atoms with Crippen LogP contribution in [0.5, 0.6) is 6.01 Å². The molecule has 1 aliphatic heterocycles. The second kappa shape index (κ2) is 17.0. The zero-order valence-corrected chi connectivity index (χ0v) is 35.0. The Labute approximate surface area is 339 Å². The molecule has 17 heteroatoms. The van der Waals surface area contributed by atoms with Crippen LogP contribution in [0.4, 0.5) is 4.79 Å². The van der Waals surface area contributed by atoms with Crippen molar-refractivity contribution in [3.8, 4) is 17.3 Å². The number of nitrogens with zero attached hydrogens (tertiary/aromatic N) is 5. The molecule has 2 aliphatic carbocycles. The number of nitrogens with two attached hydrogens (primary N) is 1. The predicted octanol–water partition coefficient (Wildman–Crippen LogP) is 4.94. The van der Waals surface area contributed by atoms with Gasteiger partial charge >= 0.3 is 6.09 Å². The van der Waals surface area contributed by atoms with E-state index < -0.39 is 62.4 Å². The van der Waals surface area contributed by atoms with Crippen LogP contribution in [0.2, 0.25) is 0 Å². The Morgan fingerprint density at radius 3 is 2.50 bits per heavy atom. The number of ether oxygens (including phenoxy) is 2. The van der Waals surface area contributed by atoms with Crippen LogP contribution in [0.1, 0.15) is 105 Å². The molecule has 6 rings (SSSR count). The van der Waals surface area contributed by atoms with Gasteiger partial charge in [-0.15, -0.1) is 0 Å². The number of imidazole rings is 1. The van der Waals surface area contributed by atoms with Crippen molar-refractivity contribution in [2.45, 2.75) is 134 Å². The molecule has 58 heavy (non-hydrogen) atoms. The Bertz CT molecular complexity index is 2140. The molecule has 0 unspecified atom stereocenters. The summed E-state index contributed by atoms with van der Waals surface area (Å²) in [6.07, 6.45) is 12.5. The maximum Gasteiger partial charge on any atom is 0.408 e. The first-order valence-electron chi connectivity index (χ1n) is 20.1. The molecule has 4 N–H and O–H groups in total. The van der Waals surface area contributed by atoms with E-state index in [0.29, 0.717) is 49.3 Å². The van der Waals surface area contributed by atoms with Gasteiger partial charge in [-0.25, -0.2) is 13.2 Å². The van der Waals surface area contributed by atoms with Crippen LogP contribution in [-0.2, 0) is 29.1 Å². The van der Waals surface area contributed by atoms with Crippen LogP contribution in [0, 0.1) is 11.8 Å². The molecule has 3 aromatic rings. The molecule has 2 saturated carbocycles. The molecule has 1 saturated heterocycles. The van der Waals surface area contributed by atoms with Gasteiger partial charge in [-0.3, -0.25) is 33.6 Å². The van der Waals surface area contributed by atoms with Gasteiger partial charge in [-0.2, -0.15) is 4.98 Å². The number of allylic oxidation sites excluding steroid dienone is 2. The number of unbranched alkanes of at least 4 members (excludes halogenated alkanes) is 3. The zero-order valence-electron chi connectivity index (χ0n) is 34.1. The number of likely N-dealkylation sites (tertiary alicyclic amines) is 1. The quantitative estimate of drug-likeness (QED) is 0.122. The normalized spacial score (nSPS) is 21.9. The zero-order chi connectivity index (χ0) is 42.0. The number of nitrogens with one attached hydrogen (secondary N) is 2. The second-order valence-corrected chi connectivity index (χ2v) is 19.4. The van der Waals surface area contributed by atoms with Gasteiger partial charge in [0.15, 0.2) is 0 Å². The van der Waals surface area contributed by atoms with Crippen LogP contribution in [0.15, 0.2) is 48.9 Å². The summed E-state index contributed by atoms with van der Waals surface area (Å²) in [4.78, 5) is 67.4. The van der Waals surface area contributed by atoms with Crippen molar-refractivity contribution >= 4 is 44.9 Å². The number of fused-ring (bicyclic) bond motifs is 1. The highest BCUT2D eigenvalue weighted by atomic mass is 32.2. The minimum absolute atomic E-state index is 0.0137. The highest BCUT2D eigenvalue weighted by Crippen LogP contribution is 2.44. The SMILES string of the molecule is CC(C)n1c(O[C@@H]2C[C@@H](C(N)=O)N(C(=O)[C@H](CCCCC/C=C\[C@@H]3C[C@@H]3C(=O)NS(=O)(=O)C3(C)CC3)NC(=O)OC(C)(C)C)C2)nc2c(-c3cnccn3)cccc21. The molecule has 2 aromatic heterocycles. The highest BCUT2D eigenvalue weighted by molar-refractivity contribution is 7.91. The lowest BCUT2D eigenvalue weighted by Gasteiger charge is -2.28. The molecule has 3 aliphatic rings. The molecule has 5 atom stereocenters. The molecule has 16 nitrogen and oxygen atoms in total. The minimum atomic E-state index is -3.65. The van der Waals surface area contributed by atoms with Crippen molar-refractivity contribution in [2.24, 2.45) is 17.6 Å². The van der Waals surface area contributed by atoms with Crippen molar-refractivity contribution in [1.82, 2.24) is 34.5 Å². The van der Waals surface area contributed by atoms with E-state index in [4.69, 9.17) is 20.2 Å². The Morgan fingerprint density at radius 2 is 1.84 bits per heavy atom. The summed E-state index contributed by atoms with van der Waals surface area (Å²) in [5, 5.41) is 2.74. The number of hydrogen-bond acceptors (Lipinski definition) is 11. The monoisotopic (exact) mass is 820 g/mol. The molecule has 4 amide bonds. The van der Waals surface area contributed by atoms with Crippen molar-refractivity contribution in [2.75, 3.05) is 6.54 Å². The van der Waals surface area contributed by atoms with E-state index in [2.05, 4.69) is 20.0 Å². The number of hydrogen-bond donors (Lipinski definition) is 3. The predicted molar refractivity (Wildman–Crippen MR) is 217 cm³/mol. The topological polar surface area (TPSA) is 218 Å². The average Bonchev–Trinajstić information content (AvgIpc) is 4.02. The lowest BCUT2D eigenvalue weighted by atomic mass is 10.0. The lowest BCUT2D eigenvalue weighted by molar-refractivity contribution is -0.139. The number of alkyl carbamates (subject to hydrolysis) is 1. The van der Waals surface area contributed by atoms with Gasteiger partial charge in [-0.05, 0) is 92.1 Å². The Balaban J connectivity index is 1.08. The number of carbonyl (C=O) groups excluding carboxylic acids is 4. The molecular weight excluding hydrogens is 765 g/mol. The number of rotatable bonds is 17. The van der Waals surface area contributed by atoms with E-state index in [1.54, 1.807) is 46.3 Å². The summed E-state index contributed by atoms with van der Waals surface area (Å²) in [6.45, 7) is 10.9. The summed E-state index contributed by atoms with van der Waals surface area (Å²) < 4.78 is 40.2. The smallest absolute Gasteiger partial charge is 0.408 e. The number of aromatic nitrogens is 4. The third-order valence-electron chi connectivity index (χ3n) is 10.9. The van der Waals surface area contributed by atoms with Crippen LogP contribution in [-0.4, -0.2) is 91.7 Å². The maximum absolute atomic E-state index is 14.2. The highest BCUT2D eigenvalue weighted by Gasteiger charge is 2.52. The van der Waals surface area contributed by atoms with Crippen LogP contribution in [0.25, 0.3) is 22.3 Å². The molecule has 3 fully saturated rings. The summed E-state index contributed by atoms with van der Waals surface area (Å²) in [6, 6.07) is 4.12. The molecule has 0 spiro atoms. The van der Waals surface area contributed by atoms with Crippen LogP contribution in [0.3, 0.4) is 0 Å². The Kier molecular flexibility index (Phi) is 12.5. The largest absolute Gasteiger partial charge is 0.459 e. The molecule has 3 heterocycles. The molecule has 314 valence electrons. The fourth-order valence-electron chi connectivity index (χ4n) is 7.34. The standard InChI is InChI=1S/C41H56N8O8S/c1-25(2)49-32-16-12-14-28(31-23-43-19-20-44-31)34(32)46-38(49)56-27-22-33(35(42)50)48(24-27)37(52)30(45-39(53)57-40(3,4)5)15-11-9-7-8-10-13-26-21-29(26)36(51)47-58(54,55)41(6)17-18-41/h10,12-14,16,19-20,23,25-27,29-30,33H,7-9,11,15,17-18,21-22,24H2,1-6H3,(H2,42,50)(H,45,53)(H,47,51)/b13-10-/t26-,27-,29+,30+,33+/m1/s1. The van der Waals surface area contributed by atoms with E-state index >= 15 is 0 Å². The van der Waals surface area contributed by atoms with Gasteiger partial charge in [0.25, 0.3) is 6.01 Å². The first kappa shape index (κ1) is 42.5. The third-order valence-corrected chi connectivity index (χ3v) is 13.1. The molecule has 1 aromatic carbocycles. The summed E-state index contributed by atoms with van der Waals surface area (Å²) >= 11 is 0. The second-order valence-electron chi connectivity index (χ2n) is 17.2. The third kappa shape index (κ3) is 9.96. The number of primary amides is 1. The van der Waals surface area contributed by atoms with Gasteiger partial charge in [0.2, 0.25) is 27.7 Å². The van der Waals surface area contributed by atoms with Gasteiger partial charge in [0.05, 0.1) is 28.7 Å². The van der Waals surface area contributed by atoms with Gasteiger partial charge in [0, 0.05) is 36.3 Å². The van der Waals surface area contributed by atoms with E-state index in [1.807, 2.05) is 48.8 Å². The number of benzene rings is 1. The van der Waals surface area contributed by atoms with E-state index in [-0.39, 0.29) is 30.8 Å². The Morgan fingerprint density at radius 1 is 1.09 bits per heavy atom. The molecule has 0 radical (unpaired) electrons. The first-order valence-corrected chi connectivity index (χ1v) is 21.6.